The number of nitro groups is 1. The Morgan fingerprint density at radius 3 is 2.80 bits per heavy atom. The highest BCUT2D eigenvalue weighted by Gasteiger charge is 2.20. The molecule has 0 atom stereocenters. The van der Waals surface area contributed by atoms with Crippen molar-refractivity contribution in [1.82, 2.24) is 0 Å². The molecular formula is C8H7ClFNO3S. The van der Waals surface area contributed by atoms with Crippen molar-refractivity contribution in [2.45, 2.75) is 4.90 Å². The summed E-state index contributed by atoms with van der Waals surface area (Å²) in [5.74, 6) is -0.480. The topological polar surface area (TPSA) is 63.4 Å². The Labute approximate surface area is 94.2 Å². The van der Waals surface area contributed by atoms with Crippen LogP contribution in [0.1, 0.15) is 0 Å². The van der Waals surface area contributed by atoms with Gasteiger partial charge in [0.1, 0.15) is 10.7 Å². The summed E-state index contributed by atoms with van der Waals surface area (Å²) in [5, 5.41) is 18.9. The van der Waals surface area contributed by atoms with Gasteiger partial charge in [0.15, 0.2) is 0 Å². The standard InChI is InChI=1S/C8H7ClFNO3S/c9-7-5(10)1-2-6(11(13)14)8(7)15-4-3-12/h1-2,12H,3-4H2. The molecule has 0 saturated carbocycles. The smallest absolute Gasteiger partial charge is 0.284 e. The van der Waals surface area contributed by atoms with Gasteiger partial charge in [-0.1, -0.05) is 11.6 Å². The summed E-state index contributed by atoms with van der Waals surface area (Å²) in [5.41, 5.74) is -0.250. The Morgan fingerprint density at radius 2 is 2.27 bits per heavy atom. The van der Waals surface area contributed by atoms with Crippen molar-refractivity contribution in [3.8, 4) is 0 Å². The number of aliphatic hydroxyl groups excluding tert-OH is 1. The van der Waals surface area contributed by atoms with Crippen LogP contribution in [0.5, 0.6) is 0 Å². The molecule has 0 aromatic heterocycles. The number of rotatable bonds is 4. The molecule has 4 nitrogen and oxygen atoms in total. The third kappa shape index (κ3) is 2.80. The molecule has 0 saturated heterocycles. The van der Waals surface area contributed by atoms with Gasteiger partial charge in [-0.2, -0.15) is 0 Å². The molecule has 0 aliphatic heterocycles. The van der Waals surface area contributed by atoms with Crippen molar-refractivity contribution in [2.75, 3.05) is 12.4 Å². The monoisotopic (exact) mass is 251 g/mol. The first-order valence-electron chi connectivity index (χ1n) is 3.94. The van der Waals surface area contributed by atoms with E-state index < -0.39 is 10.7 Å². The highest BCUT2D eigenvalue weighted by molar-refractivity contribution is 7.99. The third-order valence-corrected chi connectivity index (χ3v) is 3.13. The molecule has 0 aliphatic carbocycles. The van der Waals surface area contributed by atoms with Crippen LogP contribution in [0.15, 0.2) is 17.0 Å². The molecule has 0 aliphatic rings. The largest absolute Gasteiger partial charge is 0.396 e. The first-order chi connectivity index (χ1) is 7.07. The van der Waals surface area contributed by atoms with E-state index >= 15 is 0 Å². The molecule has 0 amide bonds. The normalized spacial score (nSPS) is 10.3. The summed E-state index contributed by atoms with van der Waals surface area (Å²) >= 11 is 6.55. The van der Waals surface area contributed by atoms with Crippen LogP contribution in [0.3, 0.4) is 0 Å². The van der Waals surface area contributed by atoms with Crippen LogP contribution in [0.2, 0.25) is 5.02 Å². The van der Waals surface area contributed by atoms with Crippen molar-refractivity contribution in [3.63, 3.8) is 0 Å². The van der Waals surface area contributed by atoms with Gasteiger partial charge in [0.05, 0.1) is 16.6 Å². The number of nitrogens with zero attached hydrogens (tertiary/aromatic N) is 1. The van der Waals surface area contributed by atoms with E-state index in [9.17, 15) is 14.5 Å². The molecule has 0 radical (unpaired) electrons. The van der Waals surface area contributed by atoms with Gasteiger partial charge in [-0.25, -0.2) is 4.39 Å². The lowest BCUT2D eigenvalue weighted by molar-refractivity contribution is -0.387. The first-order valence-corrected chi connectivity index (χ1v) is 5.30. The van der Waals surface area contributed by atoms with Crippen molar-refractivity contribution in [1.29, 1.82) is 0 Å². The number of aliphatic hydroxyl groups is 1. The van der Waals surface area contributed by atoms with E-state index in [4.69, 9.17) is 16.7 Å². The zero-order chi connectivity index (χ0) is 11.4. The zero-order valence-corrected chi connectivity index (χ0v) is 9.02. The summed E-state index contributed by atoms with van der Waals surface area (Å²) < 4.78 is 13.0. The van der Waals surface area contributed by atoms with Gasteiger partial charge in [-0.3, -0.25) is 10.1 Å². The fourth-order valence-corrected chi connectivity index (χ4v) is 2.08. The van der Waals surface area contributed by atoms with Crippen LogP contribution in [0, 0.1) is 15.9 Å². The van der Waals surface area contributed by atoms with E-state index in [2.05, 4.69) is 0 Å². The Bertz CT molecular complexity index is 388. The lowest BCUT2D eigenvalue weighted by Gasteiger charge is -2.04. The maximum Gasteiger partial charge on any atom is 0.284 e. The molecule has 1 aromatic carbocycles. The fourth-order valence-electron chi connectivity index (χ4n) is 0.951. The molecule has 15 heavy (non-hydrogen) atoms. The summed E-state index contributed by atoms with van der Waals surface area (Å²) in [6.07, 6.45) is 0. The Kier molecular flexibility index (Phi) is 4.31. The van der Waals surface area contributed by atoms with E-state index in [1.54, 1.807) is 0 Å². The molecule has 0 fully saturated rings. The minimum absolute atomic E-state index is 0.0516. The molecule has 1 aromatic rings. The van der Waals surface area contributed by atoms with Crippen molar-refractivity contribution < 1.29 is 14.4 Å². The van der Waals surface area contributed by atoms with Crippen LogP contribution in [-0.2, 0) is 0 Å². The average Bonchev–Trinajstić information content (AvgIpc) is 2.19. The molecule has 1 N–H and O–H groups in total. The number of nitro benzene ring substituents is 1. The summed E-state index contributed by atoms with van der Waals surface area (Å²) in [7, 11) is 0. The molecule has 1 rings (SSSR count). The third-order valence-electron chi connectivity index (χ3n) is 1.56. The minimum atomic E-state index is -0.706. The molecule has 0 unspecified atom stereocenters. The van der Waals surface area contributed by atoms with E-state index in [0.29, 0.717) is 0 Å². The SMILES string of the molecule is O=[N+]([O-])c1ccc(F)c(Cl)c1SCCO. The Morgan fingerprint density at radius 1 is 1.60 bits per heavy atom. The highest BCUT2D eigenvalue weighted by Crippen LogP contribution is 2.36. The number of hydrogen-bond donors (Lipinski definition) is 1. The summed E-state index contributed by atoms with van der Waals surface area (Å²) in [4.78, 5) is 10.0. The van der Waals surface area contributed by atoms with Gasteiger partial charge in [-0.05, 0) is 6.07 Å². The van der Waals surface area contributed by atoms with E-state index in [-0.39, 0.29) is 28.0 Å². The predicted molar refractivity (Wildman–Crippen MR) is 55.9 cm³/mol. The van der Waals surface area contributed by atoms with Gasteiger partial charge in [-0.15, -0.1) is 11.8 Å². The number of hydrogen-bond acceptors (Lipinski definition) is 4. The van der Waals surface area contributed by atoms with Crippen LogP contribution in [0.25, 0.3) is 0 Å². The first kappa shape index (κ1) is 12.2. The number of halogens is 2. The van der Waals surface area contributed by atoms with Gasteiger partial charge in [0, 0.05) is 11.8 Å². The van der Waals surface area contributed by atoms with Crippen molar-refractivity contribution >= 4 is 29.1 Å². The second-order valence-electron chi connectivity index (χ2n) is 2.54. The molecule has 0 spiro atoms. The maximum absolute atomic E-state index is 13.0. The summed E-state index contributed by atoms with van der Waals surface area (Å²) in [6, 6.07) is 2.00. The van der Waals surface area contributed by atoms with Crippen LogP contribution >= 0.6 is 23.4 Å². The summed E-state index contributed by atoms with van der Waals surface area (Å²) in [6.45, 7) is -0.158. The van der Waals surface area contributed by atoms with E-state index in [1.165, 1.54) is 0 Å². The molecule has 0 heterocycles. The number of benzene rings is 1. The highest BCUT2D eigenvalue weighted by atomic mass is 35.5. The van der Waals surface area contributed by atoms with Gasteiger partial charge >= 0.3 is 0 Å². The van der Waals surface area contributed by atoms with E-state index in [1.807, 2.05) is 0 Å². The second kappa shape index (κ2) is 5.29. The van der Waals surface area contributed by atoms with Gasteiger partial charge < -0.3 is 5.11 Å². The molecule has 7 heteroatoms. The lowest BCUT2D eigenvalue weighted by atomic mass is 10.3. The minimum Gasteiger partial charge on any atom is -0.396 e. The Balaban J connectivity index is 3.16. The van der Waals surface area contributed by atoms with Crippen LogP contribution in [-0.4, -0.2) is 22.4 Å². The quantitative estimate of drug-likeness (QED) is 0.507. The lowest BCUT2D eigenvalue weighted by Crippen LogP contribution is -1.95. The molecule has 82 valence electrons. The number of thioether (sulfide) groups is 1. The molecular weight excluding hydrogens is 245 g/mol. The average molecular weight is 252 g/mol. The van der Waals surface area contributed by atoms with Crippen molar-refractivity contribution in [3.05, 3.63) is 33.1 Å². The Hall–Kier alpha value is -0.850. The van der Waals surface area contributed by atoms with E-state index in [0.717, 1.165) is 23.9 Å². The zero-order valence-electron chi connectivity index (χ0n) is 7.44. The van der Waals surface area contributed by atoms with Gasteiger partial charge in [0.2, 0.25) is 0 Å². The van der Waals surface area contributed by atoms with Gasteiger partial charge in [0.25, 0.3) is 5.69 Å². The predicted octanol–water partition coefficient (Wildman–Crippen LogP) is 2.47. The maximum atomic E-state index is 13.0. The fraction of sp³-hybridized carbons (Fsp3) is 0.250. The van der Waals surface area contributed by atoms with Crippen LogP contribution < -0.4 is 0 Å². The van der Waals surface area contributed by atoms with Crippen LogP contribution in [0.4, 0.5) is 10.1 Å². The molecule has 0 bridgehead atoms. The second-order valence-corrected chi connectivity index (χ2v) is 4.02. The van der Waals surface area contributed by atoms with Crippen molar-refractivity contribution in [2.24, 2.45) is 0 Å².